The van der Waals surface area contributed by atoms with Crippen LogP contribution in [-0.2, 0) is 9.16 Å². The Kier molecular flexibility index (Phi) is 9.23. The normalized spacial score (nSPS) is 20.8. The van der Waals surface area contributed by atoms with Crippen molar-refractivity contribution >= 4 is 20.0 Å². The van der Waals surface area contributed by atoms with E-state index in [1.807, 2.05) is 6.07 Å². The molecule has 2 aromatic rings. The van der Waals surface area contributed by atoms with E-state index in [4.69, 9.17) is 9.16 Å². The minimum Gasteiger partial charge on any atom is -0.413 e. The third-order valence-electron chi connectivity index (χ3n) is 7.15. The van der Waals surface area contributed by atoms with Crippen molar-refractivity contribution in [1.29, 1.82) is 0 Å². The fourth-order valence-electron chi connectivity index (χ4n) is 5.41. The molecule has 1 aliphatic heterocycles. The van der Waals surface area contributed by atoms with Crippen molar-refractivity contribution in [3.63, 3.8) is 0 Å². The standard InChI is InChI=1S/C26H40N4O5Si/c1-18(2)36(19(3)4,20(5)6)34-17-26(16-31)15-27-14-23(35-26)30-13-12-22(29-25(30)33)28-24(32)21-10-8-7-9-11-21/h7-13,18-20,23,27,31H,14-17H2,1-6H3,(H,28,29,32,33)/t23-,26+/m1/s1. The van der Waals surface area contributed by atoms with Gasteiger partial charge in [0.25, 0.3) is 5.91 Å². The van der Waals surface area contributed by atoms with E-state index in [1.54, 1.807) is 36.5 Å². The number of morpholine rings is 1. The van der Waals surface area contributed by atoms with Crippen molar-refractivity contribution in [3.8, 4) is 0 Å². The maximum absolute atomic E-state index is 12.8. The van der Waals surface area contributed by atoms with Gasteiger partial charge in [-0.25, -0.2) is 4.79 Å². The lowest BCUT2D eigenvalue weighted by molar-refractivity contribution is -0.182. The summed E-state index contributed by atoms with van der Waals surface area (Å²) in [5.74, 6) is -0.187. The van der Waals surface area contributed by atoms with E-state index in [9.17, 15) is 14.7 Å². The second-order valence-corrected chi connectivity index (χ2v) is 15.9. The highest BCUT2D eigenvalue weighted by molar-refractivity contribution is 6.77. The number of aliphatic hydroxyl groups is 1. The molecule has 0 spiro atoms. The molecule has 0 radical (unpaired) electrons. The maximum Gasteiger partial charge on any atom is 0.351 e. The van der Waals surface area contributed by atoms with Gasteiger partial charge in [-0.15, -0.1) is 0 Å². The van der Waals surface area contributed by atoms with Gasteiger partial charge in [0.05, 0.1) is 13.2 Å². The predicted molar refractivity (Wildman–Crippen MR) is 143 cm³/mol. The Hall–Kier alpha value is -2.37. The summed E-state index contributed by atoms with van der Waals surface area (Å²) >= 11 is 0. The first kappa shape index (κ1) is 28.2. The number of carbonyl (C=O) groups excluding carboxylic acids is 1. The van der Waals surface area contributed by atoms with E-state index >= 15 is 0 Å². The Bertz CT molecular complexity index is 1050. The molecule has 0 aliphatic carbocycles. The first-order chi connectivity index (χ1) is 17.0. The summed E-state index contributed by atoms with van der Waals surface area (Å²) in [6.45, 7) is 14.0. The molecular weight excluding hydrogens is 476 g/mol. The number of aromatic nitrogens is 2. The second kappa shape index (κ2) is 11.8. The lowest BCUT2D eigenvalue weighted by Crippen LogP contribution is -2.60. The van der Waals surface area contributed by atoms with Gasteiger partial charge in [0.2, 0.25) is 0 Å². The number of rotatable bonds is 10. The van der Waals surface area contributed by atoms with Crippen molar-refractivity contribution < 1.29 is 19.1 Å². The van der Waals surface area contributed by atoms with Crippen LogP contribution in [0, 0.1) is 0 Å². The molecule has 3 rings (SSSR count). The summed E-state index contributed by atoms with van der Waals surface area (Å²) in [7, 11) is -2.18. The number of nitrogens with one attached hydrogen (secondary N) is 2. The molecule has 1 aliphatic rings. The van der Waals surface area contributed by atoms with Crippen LogP contribution >= 0.6 is 0 Å². The van der Waals surface area contributed by atoms with Crippen LogP contribution < -0.4 is 16.3 Å². The summed E-state index contributed by atoms with van der Waals surface area (Å²) < 4.78 is 14.4. The number of amides is 1. The zero-order valence-electron chi connectivity index (χ0n) is 22.2. The van der Waals surface area contributed by atoms with E-state index in [1.165, 1.54) is 4.57 Å². The quantitative estimate of drug-likeness (QED) is 0.414. The molecule has 1 fully saturated rings. The van der Waals surface area contributed by atoms with E-state index < -0.39 is 25.8 Å². The Morgan fingerprint density at radius 2 is 1.83 bits per heavy atom. The smallest absolute Gasteiger partial charge is 0.351 e. The lowest BCUT2D eigenvalue weighted by atomic mass is 10.1. The summed E-state index contributed by atoms with van der Waals surface area (Å²) in [4.78, 5) is 29.3. The topological polar surface area (TPSA) is 115 Å². The van der Waals surface area contributed by atoms with Crippen LogP contribution in [0.1, 0.15) is 58.1 Å². The fourth-order valence-corrected chi connectivity index (χ4v) is 10.9. The van der Waals surface area contributed by atoms with Gasteiger partial charge in [0, 0.05) is 24.8 Å². The molecule has 36 heavy (non-hydrogen) atoms. The van der Waals surface area contributed by atoms with E-state index in [0.717, 1.165) is 0 Å². The number of anilines is 1. The molecule has 2 atom stereocenters. The molecule has 2 heterocycles. The van der Waals surface area contributed by atoms with E-state index in [0.29, 0.717) is 35.3 Å². The largest absolute Gasteiger partial charge is 0.413 e. The van der Waals surface area contributed by atoms with Gasteiger partial charge in [-0.05, 0) is 34.8 Å². The van der Waals surface area contributed by atoms with Crippen LogP contribution in [0.5, 0.6) is 0 Å². The molecule has 0 bridgehead atoms. The minimum atomic E-state index is -2.18. The van der Waals surface area contributed by atoms with Crippen LogP contribution in [0.4, 0.5) is 5.82 Å². The highest BCUT2D eigenvalue weighted by Crippen LogP contribution is 2.43. The Balaban J connectivity index is 1.76. The van der Waals surface area contributed by atoms with Crippen LogP contribution in [-0.4, -0.2) is 60.8 Å². The first-order valence-electron chi connectivity index (χ1n) is 12.6. The highest BCUT2D eigenvalue weighted by Gasteiger charge is 2.48. The van der Waals surface area contributed by atoms with E-state index in [2.05, 4.69) is 57.2 Å². The minimum absolute atomic E-state index is 0.159. The van der Waals surface area contributed by atoms with Crippen LogP contribution in [0.15, 0.2) is 47.4 Å². The van der Waals surface area contributed by atoms with Gasteiger partial charge in [-0.2, -0.15) is 4.98 Å². The molecule has 10 heteroatoms. The maximum atomic E-state index is 12.8. The third-order valence-corrected chi connectivity index (χ3v) is 13.2. The summed E-state index contributed by atoms with van der Waals surface area (Å²) in [5, 5.41) is 16.3. The Labute approximate surface area is 214 Å². The monoisotopic (exact) mass is 516 g/mol. The average molecular weight is 517 g/mol. The molecule has 198 valence electrons. The first-order valence-corrected chi connectivity index (χ1v) is 14.8. The van der Waals surface area contributed by atoms with Crippen molar-refractivity contribution in [2.45, 2.75) is 70.0 Å². The summed E-state index contributed by atoms with van der Waals surface area (Å²) in [6.07, 6.45) is 0.869. The van der Waals surface area contributed by atoms with Crippen LogP contribution in [0.2, 0.25) is 16.6 Å². The molecule has 1 amide bonds. The zero-order chi connectivity index (χ0) is 26.5. The van der Waals surface area contributed by atoms with Gasteiger partial charge < -0.3 is 24.9 Å². The third kappa shape index (κ3) is 5.95. The number of hydrogen-bond donors (Lipinski definition) is 3. The van der Waals surface area contributed by atoms with Gasteiger partial charge in [-0.1, -0.05) is 59.7 Å². The van der Waals surface area contributed by atoms with Crippen LogP contribution in [0.3, 0.4) is 0 Å². The molecule has 1 aromatic carbocycles. The SMILES string of the molecule is CC(C)[Si](OC[C@@]1(CO)CNC[C@H](n2ccc(NC(=O)c3ccccc3)nc2=O)O1)(C(C)C)C(C)C. The van der Waals surface area contributed by atoms with Gasteiger partial charge in [0.1, 0.15) is 11.4 Å². The number of benzene rings is 1. The van der Waals surface area contributed by atoms with Gasteiger partial charge >= 0.3 is 5.69 Å². The zero-order valence-corrected chi connectivity index (χ0v) is 23.2. The molecule has 0 saturated carbocycles. The predicted octanol–water partition coefficient (Wildman–Crippen LogP) is 3.54. The summed E-state index contributed by atoms with van der Waals surface area (Å²) in [6, 6.07) is 10.3. The van der Waals surface area contributed by atoms with Crippen molar-refractivity contribution in [2.75, 3.05) is 31.6 Å². The molecule has 0 unspecified atom stereocenters. The summed E-state index contributed by atoms with van der Waals surface area (Å²) in [5.41, 5.74) is 0.111. The number of ether oxygens (including phenoxy) is 1. The van der Waals surface area contributed by atoms with Gasteiger partial charge in [-0.3, -0.25) is 9.36 Å². The van der Waals surface area contributed by atoms with E-state index in [-0.39, 0.29) is 24.9 Å². The lowest BCUT2D eigenvalue weighted by Gasteiger charge is -2.47. The van der Waals surface area contributed by atoms with Crippen LogP contribution in [0.25, 0.3) is 0 Å². The molecule has 9 nitrogen and oxygen atoms in total. The Morgan fingerprint density at radius 1 is 1.19 bits per heavy atom. The van der Waals surface area contributed by atoms with Crippen molar-refractivity contribution in [2.24, 2.45) is 0 Å². The Morgan fingerprint density at radius 3 is 2.39 bits per heavy atom. The molecule has 1 aromatic heterocycles. The number of hydrogen-bond acceptors (Lipinski definition) is 7. The number of nitrogens with zero attached hydrogens (tertiary/aromatic N) is 2. The second-order valence-electron chi connectivity index (χ2n) is 10.5. The molecule has 3 N–H and O–H groups in total. The molecular formula is C26H40N4O5Si. The number of aliphatic hydroxyl groups excluding tert-OH is 1. The average Bonchev–Trinajstić information content (AvgIpc) is 2.84. The van der Waals surface area contributed by atoms with Crippen molar-refractivity contribution in [3.05, 3.63) is 58.6 Å². The van der Waals surface area contributed by atoms with Crippen molar-refractivity contribution in [1.82, 2.24) is 14.9 Å². The molecule has 1 saturated heterocycles. The fraction of sp³-hybridized carbons (Fsp3) is 0.577. The highest BCUT2D eigenvalue weighted by atomic mass is 28.4. The van der Waals surface area contributed by atoms with Gasteiger partial charge in [0.15, 0.2) is 14.5 Å². The number of carbonyl (C=O) groups is 1.